The van der Waals surface area contributed by atoms with E-state index in [-0.39, 0.29) is 0 Å². The van der Waals surface area contributed by atoms with Gasteiger partial charge in [-0.3, -0.25) is 0 Å². The van der Waals surface area contributed by atoms with Gasteiger partial charge >= 0.3 is 0 Å². The number of rotatable bonds is 1. The zero-order valence-corrected chi connectivity index (χ0v) is 7.23. The molecule has 1 aromatic carbocycles. The van der Waals surface area contributed by atoms with Crippen LogP contribution in [-0.4, -0.2) is 0 Å². The number of nitrogens with two attached hydrogens (primary N) is 2. The van der Waals surface area contributed by atoms with Gasteiger partial charge in [0.25, 0.3) is 0 Å². The number of hydrogen-bond acceptors (Lipinski definition) is 2. The van der Waals surface area contributed by atoms with E-state index in [0.717, 1.165) is 5.56 Å². The normalized spacial score (nSPS) is 10.6. The van der Waals surface area contributed by atoms with E-state index in [9.17, 15) is 0 Å². The van der Waals surface area contributed by atoms with Crippen molar-refractivity contribution < 1.29 is 0 Å². The SMILES string of the molecule is NC(N)c1ccc(Cl)c(Cl)c1. The topological polar surface area (TPSA) is 52.0 Å². The summed E-state index contributed by atoms with van der Waals surface area (Å²) in [6.45, 7) is 0. The lowest BCUT2D eigenvalue weighted by atomic mass is 10.2. The Kier molecular flexibility index (Phi) is 2.73. The molecule has 0 atom stereocenters. The van der Waals surface area contributed by atoms with E-state index in [1.807, 2.05) is 0 Å². The highest BCUT2D eigenvalue weighted by Gasteiger charge is 2.02. The number of halogens is 2. The number of benzene rings is 1. The maximum atomic E-state index is 5.71. The Morgan fingerprint density at radius 3 is 2.18 bits per heavy atom. The Labute approximate surface area is 75.1 Å². The predicted octanol–water partition coefficient (Wildman–Crippen LogP) is 1.91. The van der Waals surface area contributed by atoms with Crippen LogP contribution in [0.2, 0.25) is 10.0 Å². The summed E-state index contributed by atoms with van der Waals surface area (Å²) in [7, 11) is 0. The van der Waals surface area contributed by atoms with E-state index in [0.29, 0.717) is 10.0 Å². The Bertz CT molecular complexity index is 261. The van der Waals surface area contributed by atoms with Crippen LogP contribution in [0.4, 0.5) is 0 Å². The molecule has 0 amide bonds. The van der Waals surface area contributed by atoms with E-state index in [1.54, 1.807) is 18.2 Å². The zero-order valence-electron chi connectivity index (χ0n) is 5.72. The maximum absolute atomic E-state index is 5.71. The summed E-state index contributed by atoms with van der Waals surface area (Å²) >= 11 is 11.4. The molecule has 0 aromatic heterocycles. The predicted molar refractivity (Wildman–Crippen MR) is 47.6 cm³/mol. The van der Waals surface area contributed by atoms with Crippen molar-refractivity contribution in [3.8, 4) is 0 Å². The first-order chi connectivity index (χ1) is 5.11. The third-order valence-electron chi connectivity index (χ3n) is 1.33. The van der Waals surface area contributed by atoms with Gasteiger partial charge in [0.2, 0.25) is 0 Å². The van der Waals surface area contributed by atoms with Gasteiger partial charge < -0.3 is 11.5 Å². The molecule has 0 saturated heterocycles. The van der Waals surface area contributed by atoms with E-state index in [4.69, 9.17) is 34.7 Å². The smallest absolute Gasteiger partial charge is 0.0785 e. The Hall–Kier alpha value is -0.280. The molecule has 0 aliphatic rings. The molecule has 2 nitrogen and oxygen atoms in total. The summed E-state index contributed by atoms with van der Waals surface area (Å²) < 4.78 is 0. The second-order valence-electron chi connectivity index (χ2n) is 2.20. The third kappa shape index (κ3) is 2.07. The molecule has 4 N–H and O–H groups in total. The molecule has 11 heavy (non-hydrogen) atoms. The minimum Gasteiger partial charge on any atom is -0.312 e. The van der Waals surface area contributed by atoms with Crippen molar-refractivity contribution in [1.29, 1.82) is 0 Å². The molecule has 60 valence electrons. The summed E-state index contributed by atoms with van der Waals surface area (Å²) in [5.74, 6) is 0. The highest BCUT2D eigenvalue weighted by molar-refractivity contribution is 6.42. The molecular weight excluding hydrogens is 183 g/mol. The molecule has 0 radical (unpaired) electrons. The molecule has 0 fully saturated rings. The van der Waals surface area contributed by atoms with Crippen LogP contribution in [0.1, 0.15) is 11.7 Å². The summed E-state index contributed by atoms with van der Waals surface area (Å²) in [5, 5.41) is 0.987. The van der Waals surface area contributed by atoms with Gasteiger partial charge in [0, 0.05) is 0 Å². The van der Waals surface area contributed by atoms with E-state index >= 15 is 0 Å². The fourth-order valence-electron chi connectivity index (χ4n) is 0.720. The molecule has 1 rings (SSSR count). The van der Waals surface area contributed by atoms with Gasteiger partial charge in [0.1, 0.15) is 0 Å². The average molecular weight is 191 g/mol. The van der Waals surface area contributed by atoms with Gasteiger partial charge in [-0.1, -0.05) is 29.3 Å². The van der Waals surface area contributed by atoms with Crippen molar-refractivity contribution in [2.24, 2.45) is 11.5 Å². The first kappa shape index (κ1) is 8.81. The van der Waals surface area contributed by atoms with Crippen LogP contribution in [0.25, 0.3) is 0 Å². The second kappa shape index (κ2) is 3.41. The van der Waals surface area contributed by atoms with Gasteiger partial charge in [-0.2, -0.15) is 0 Å². The summed E-state index contributed by atoms with van der Waals surface area (Å²) in [6, 6.07) is 5.08. The van der Waals surface area contributed by atoms with Crippen LogP contribution in [0.3, 0.4) is 0 Å². The summed E-state index contributed by atoms with van der Waals surface area (Å²) in [6.07, 6.45) is -0.496. The lowest BCUT2D eigenvalue weighted by Gasteiger charge is -2.05. The van der Waals surface area contributed by atoms with Crippen molar-refractivity contribution in [3.63, 3.8) is 0 Å². The van der Waals surface area contributed by atoms with Gasteiger partial charge in [-0.05, 0) is 17.7 Å². The molecule has 4 heteroatoms. The molecular formula is C7H8Cl2N2. The lowest BCUT2D eigenvalue weighted by molar-refractivity contribution is 0.774. The van der Waals surface area contributed by atoms with Crippen LogP contribution in [0.5, 0.6) is 0 Å². The largest absolute Gasteiger partial charge is 0.312 e. The lowest BCUT2D eigenvalue weighted by Crippen LogP contribution is -2.19. The van der Waals surface area contributed by atoms with E-state index in [1.165, 1.54) is 0 Å². The Morgan fingerprint density at radius 2 is 1.73 bits per heavy atom. The fourth-order valence-corrected chi connectivity index (χ4v) is 1.03. The quantitative estimate of drug-likeness (QED) is 0.666. The van der Waals surface area contributed by atoms with Gasteiger partial charge in [0.05, 0.1) is 16.2 Å². The zero-order chi connectivity index (χ0) is 8.43. The monoisotopic (exact) mass is 190 g/mol. The van der Waals surface area contributed by atoms with Crippen LogP contribution < -0.4 is 11.5 Å². The highest BCUT2D eigenvalue weighted by Crippen LogP contribution is 2.23. The highest BCUT2D eigenvalue weighted by atomic mass is 35.5. The third-order valence-corrected chi connectivity index (χ3v) is 2.07. The Morgan fingerprint density at radius 1 is 1.09 bits per heavy atom. The van der Waals surface area contributed by atoms with Crippen molar-refractivity contribution in [3.05, 3.63) is 33.8 Å². The van der Waals surface area contributed by atoms with Crippen LogP contribution in [0.15, 0.2) is 18.2 Å². The van der Waals surface area contributed by atoms with Crippen LogP contribution >= 0.6 is 23.2 Å². The van der Waals surface area contributed by atoms with Crippen molar-refractivity contribution in [1.82, 2.24) is 0 Å². The molecule has 0 aliphatic heterocycles. The van der Waals surface area contributed by atoms with E-state index < -0.39 is 6.17 Å². The van der Waals surface area contributed by atoms with Gasteiger partial charge in [0.15, 0.2) is 0 Å². The first-order valence-corrected chi connectivity index (χ1v) is 3.83. The summed E-state index contributed by atoms with van der Waals surface area (Å²) in [5.41, 5.74) is 11.6. The van der Waals surface area contributed by atoms with Crippen molar-refractivity contribution in [2.45, 2.75) is 6.17 Å². The molecule has 0 heterocycles. The van der Waals surface area contributed by atoms with Gasteiger partial charge in [-0.25, -0.2) is 0 Å². The minimum atomic E-state index is -0.496. The Balaban J connectivity index is 3.05. The molecule has 0 saturated carbocycles. The standard InChI is InChI=1S/C7H8Cl2N2/c8-5-2-1-4(7(10)11)3-6(5)9/h1-3,7H,10-11H2. The molecule has 0 spiro atoms. The molecule has 0 aliphatic carbocycles. The second-order valence-corrected chi connectivity index (χ2v) is 3.01. The maximum Gasteiger partial charge on any atom is 0.0785 e. The van der Waals surface area contributed by atoms with Crippen molar-refractivity contribution >= 4 is 23.2 Å². The molecule has 0 bridgehead atoms. The average Bonchev–Trinajstić information content (AvgIpc) is 1.94. The molecule has 1 aromatic rings. The summed E-state index contributed by atoms with van der Waals surface area (Å²) in [4.78, 5) is 0. The van der Waals surface area contributed by atoms with E-state index in [2.05, 4.69) is 0 Å². The first-order valence-electron chi connectivity index (χ1n) is 3.07. The molecule has 0 unspecified atom stereocenters. The fraction of sp³-hybridized carbons (Fsp3) is 0.143. The number of hydrogen-bond donors (Lipinski definition) is 2. The van der Waals surface area contributed by atoms with Crippen molar-refractivity contribution in [2.75, 3.05) is 0 Å². The van der Waals surface area contributed by atoms with Gasteiger partial charge in [-0.15, -0.1) is 0 Å². The van der Waals surface area contributed by atoms with Crippen LogP contribution in [0, 0.1) is 0 Å². The van der Waals surface area contributed by atoms with Crippen LogP contribution in [-0.2, 0) is 0 Å². The minimum absolute atomic E-state index is 0.477.